The van der Waals surface area contributed by atoms with Crippen LogP contribution in [0.4, 0.5) is 4.39 Å². The molecule has 0 N–H and O–H groups in total. The molecule has 1 atom stereocenters. The van der Waals surface area contributed by atoms with Crippen LogP contribution in [0.5, 0.6) is 0 Å². The lowest BCUT2D eigenvalue weighted by molar-refractivity contribution is -0.134. The summed E-state index contributed by atoms with van der Waals surface area (Å²) in [6, 6.07) is 16.9. The number of nitrogens with zero attached hydrogens (tertiary/aromatic N) is 2. The van der Waals surface area contributed by atoms with Gasteiger partial charge in [-0.15, -0.1) is 0 Å². The fraction of sp³-hybridized carbons (Fsp3) is 0.458. The van der Waals surface area contributed by atoms with Gasteiger partial charge in [0.25, 0.3) is 0 Å². The summed E-state index contributed by atoms with van der Waals surface area (Å²) in [5, 5.41) is 0. The van der Waals surface area contributed by atoms with E-state index in [9.17, 15) is 9.18 Å². The summed E-state index contributed by atoms with van der Waals surface area (Å²) in [5.41, 5.74) is 2.16. The van der Waals surface area contributed by atoms with E-state index in [1.165, 1.54) is 12.1 Å². The zero-order valence-corrected chi connectivity index (χ0v) is 17.0. The third kappa shape index (κ3) is 4.21. The number of piperidine rings is 1. The molecular weight excluding hydrogens is 367 g/mol. The summed E-state index contributed by atoms with van der Waals surface area (Å²) < 4.78 is 18.5. The highest BCUT2D eigenvalue weighted by atomic mass is 19.1. The zero-order chi connectivity index (χ0) is 20.3. The van der Waals surface area contributed by atoms with Crippen LogP contribution in [0.2, 0.25) is 0 Å². The van der Waals surface area contributed by atoms with Gasteiger partial charge in [-0.05, 0) is 42.5 Å². The number of hydrogen-bond acceptors (Lipinski definition) is 3. The molecular formula is C24H29FN2O2. The number of ether oxygens (including phenoxy) is 1. The Balaban J connectivity index is 1.47. The molecule has 0 aromatic heterocycles. The van der Waals surface area contributed by atoms with Crippen molar-refractivity contribution in [2.24, 2.45) is 0 Å². The van der Waals surface area contributed by atoms with Gasteiger partial charge < -0.3 is 9.64 Å². The molecule has 0 bridgehead atoms. The van der Waals surface area contributed by atoms with Crippen molar-refractivity contribution < 1.29 is 13.9 Å². The summed E-state index contributed by atoms with van der Waals surface area (Å²) >= 11 is 0. The fourth-order valence-corrected chi connectivity index (χ4v) is 4.92. The summed E-state index contributed by atoms with van der Waals surface area (Å²) in [7, 11) is 1.69. The van der Waals surface area contributed by atoms with Gasteiger partial charge in [0, 0.05) is 38.8 Å². The van der Waals surface area contributed by atoms with Gasteiger partial charge in [0.1, 0.15) is 5.82 Å². The smallest absolute Gasteiger partial charge is 0.230 e. The maximum atomic E-state index is 13.3. The van der Waals surface area contributed by atoms with Crippen molar-refractivity contribution in [3.8, 4) is 0 Å². The van der Waals surface area contributed by atoms with Crippen molar-refractivity contribution in [1.29, 1.82) is 0 Å². The second-order valence-electron chi connectivity index (χ2n) is 8.28. The van der Waals surface area contributed by atoms with E-state index in [-0.39, 0.29) is 23.2 Å². The first-order valence-corrected chi connectivity index (χ1v) is 10.4. The molecule has 2 aliphatic heterocycles. The lowest BCUT2D eigenvalue weighted by Gasteiger charge is -2.45. The highest BCUT2D eigenvalue weighted by Crippen LogP contribution is 2.45. The van der Waals surface area contributed by atoms with E-state index in [0.29, 0.717) is 13.2 Å². The number of hydrogen-bond donors (Lipinski definition) is 0. The van der Waals surface area contributed by atoms with Crippen LogP contribution >= 0.6 is 0 Å². The Labute approximate surface area is 172 Å². The number of benzene rings is 2. The molecule has 1 amide bonds. The Morgan fingerprint density at radius 1 is 1.07 bits per heavy atom. The Morgan fingerprint density at radius 3 is 2.41 bits per heavy atom. The van der Waals surface area contributed by atoms with Crippen LogP contribution < -0.4 is 0 Å². The van der Waals surface area contributed by atoms with E-state index in [2.05, 4.69) is 21.9 Å². The third-order valence-corrected chi connectivity index (χ3v) is 6.55. The lowest BCUT2D eigenvalue weighted by atomic mass is 9.81. The number of carbonyl (C=O) groups is 1. The van der Waals surface area contributed by atoms with Gasteiger partial charge in [-0.1, -0.05) is 42.5 Å². The van der Waals surface area contributed by atoms with Gasteiger partial charge in [0.05, 0.1) is 12.5 Å². The molecule has 4 rings (SSSR count). The van der Waals surface area contributed by atoms with E-state index in [1.807, 2.05) is 30.3 Å². The largest absolute Gasteiger partial charge is 0.383 e. The van der Waals surface area contributed by atoms with Crippen LogP contribution in [-0.2, 0) is 16.1 Å². The van der Waals surface area contributed by atoms with Crippen LogP contribution in [0.3, 0.4) is 0 Å². The number of halogens is 1. The van der Waals surface area contributed by atoms with Gasteiger partial charge in [-0.25, -0.2) is 4.39 Å². The summed E-state index contributed by atoms with van der Waals surface area (Å²) in [5.74, 6) is -0.0199. The van der Waals surface area contributed by atoms with Gasteiger partial charge in [0.2, 0.25) is 5.91 Å². The normalized spacial score (nSPS) is 21.8. The predicted molar refractivity (Wildman–Crippen MR) is 111 cm³/mol. The second kappa shape index (κ2) is 8.64. The first kappa shape index (κ1) is 20.0. The van der Waals surface area contributed by atoms with Crippen LogP contribution in [-0.4, -0.2) is 54.6 Å². The molecule has 0 radical (unpaired) electrons. The first-order valence-electron chi connectivity index (χ1n) is 10.4. The minimum absolute atomic E-state index is 0.0586. The van der Waals surface area contributed by atoms with Crippen molar-refractivity contribution in [2.45, 2.75) is 37.3 Å². The molecule has 2 aliphatic rings. The Morgan fingerprint density at radius 2 is 1.76 bits per heavy atom. The zero-order valence-electron chi connectivity index (χ0n) is 17.0. The second-order valence-corrected chi connectivity index (χ2v) is 8.28. The Hall–Kier alpha value is -2.24. The SMILES string of the molecule is COCCN1C(=O)[C@H](c2ccccc2)CC12CCN(Cc1ccc(F)cc1)CC2. The summed E-state index contributed by atoms with van der Waals surface area (Å²) in [6.07, 6.45) is 2.81. The topological polar surface area (TPSA) is 32.8 Å². The van der Waals surface area contributed by atoms with Crippen LogP contribution in [0, 0.1) is 5.82 Å². The van der Waals surface area contributed by atoms with Crippen LogP contribution in [0.25, 0.3) is 0 Å². The first-order chi connectivity index (χ1) is 14.1. The minimum Gasteiger partial charge on any atom is -0.383 e. The maximum absolute atomic E-state index is 13.3. The Bertz CT molecular complexity index is 817. The van der Waals surface area contributed by atoms with E-state index in [0.717, 1.165) is 50.0 Å². The lowest BCUT2D eigenvalue weighted by Crippen LogP contribution is -2.53. The van der Waals surface area contributed by atoms with Crippen molar-refractivity contribution in [1.82, 2.24) is 9.80 Å². The highest BCUT2D eigenvalue weighted by Gasteiger charge is 2.51. The van der Waals surface area contributed by atoms with Crippen molar-refractivity contribution in [2.75, 3.05) is 33.4 Å². The molecule has 1 spiro atoms. The molecule has 2 heterocycles. The molecule has 5 heteroatoms. The molecule has 2 aromatic carbocycles. The molecule has 2 aromatic rings. The summed E-state index contributed by atoms with van der Waals surface area (Å²) in [6.45, 7) is 3.92. The molecule has 2 saturated heterocycles. The monoisotopic (exact) mass is 396 g/mol. The standard InChI is InChI=1S/C24H29FN2O2/c1-29-16-15-27-23(28)22(20-5-3-2-4-6-20)17-24(27)11-13-26(14-12-24)18-19-7-9-21(25)10-8-19/h2-10,22H,11-18H2,1H3/t22-/m0/s1. The molecule has 0 unspecified atom stereocenters. The van der Waals surface area contributed by atoms with E-state index in [4.69, 9.17) is 4.74 Å². The van der Waals surface area contributed by atoms with E-state index in [1.54, 1.807) is 7.11 Å². The highest BCUT2D eigenvalue weighted by molar-refractivity contribution is 5.87. The van der Waals surface area contributed by atoms with Gasteiger partial charge in [-0.3, -0.25) is 9.69 Å². The molecule has 0 aliphatic carbocycles. The molecule has 29 heavy (non-hydrogen) atoms. The average Bonchev–Trinajstić information content (AvgIpc) is 3.02. The number of likely N-dealkylation sites (tertiary alicyclic amines) is 2. The number of rotatable bonds is 6. The van der Waals surface area contributed by atoms with E-state index >= 15 is 0 Å². The summed E-state index contributed by atoms with van der Waals surface area (Å²) in [4.78, 5) is 17.8. The predicted octanol–water partition coefficient (Wildman–Crippen LogP) is 3.82. The minimum atomic E-state index is -0.198. The van der Waals surface area contributed by atoms with Gasteiger partial charge >= 0.3 is 0 Å². The molecule has 2 fully saturated rings. The molecule has 0 saturated carbocycles. The fourth-order valence-electron chi connectivity index (χ4n) is 4.92. The number of carbonyl (C=O) groups excluding carboxylic acids is 1. The van der Waals surface area contributed by atoms with Crippen LogP contribution in [0.1, 0.15) is 36.3 Å². The third-order valence-electron chi connectivity index (χ3n) is 6.55. The average molecular weight is 397 g/mol. The molecule has 4 nitrogen and oxygen atoms in total. The van der Waals surface area contributed by atoms with Crippen molar-refractivity contribution >= 4 is 5.91 Å². The molecule has 154 valence electrons. The van der Waals surface area contributed by atoms with Gasteiger partial charge in [-0.2, -0.15) is 0 Å². The quantitative estimate of drug-likeness (QED) is 0.744. The van der Waals surface area contributed by atoms with Crippen molar-refractivity contribution in [3.05, 3.63) is 71.5 Å². The number of methoxy groups -OCH3 is 1. The van der Waals surface area contributed by atoms with Crippen molar-refractivity contribution in [3.63, 3.8) is 0 Å². The van der Waals surface area contributed by atoms with Crippen LogP contribution in [0.15, 0.2) is 54.6 Å². The van der Waals surface area contributed by atoms with Gasteiger partial charge in [0.15, 0.2) is 0 Å². The van der Waals surface area contributed by atoms with E-state index < -0.39 is 0 Å². The number of amides is 1. The Kier molecular flexibility index (Phi) is 5.97. The maximum Gasteiger partial charge on any atom is 0.230 e.